The van der Waals surface area contributed by atoms with Gasteiger partial charge in [-0.2, -0.15) is 0 Å². The molecule has 2 heterocycles. The minimum absolute atomic E-state index is 0.180. The molecule has 0 fully saturated rings. The van der Waals surface area contributed by atoms with E-state index in [4.69, 9.17) is 4.42 Å². The van der Waals surface area contributed by atoms with Crippen molar-refractivity contribution in [3.05, 3.63) is 59.3 Å². The standard InChI is InChI=1S/C18H20N4O3S/c1-12-5-6-15(13(2)8-12)19-9-16-20-21-18(26-11-17(23)24)22(16)10-14-4-3-7-25-14/h3-8,19H,9-11H2,1-2H3,(H,23,24)/p-1. The molecule has 0 saturated heterocycles. The first kappa shape index (κ1) is 18.1. The zero-order valence-electron chi connectivity index (χ0n) is 14.6. The number of carboxylic acids is 1. The molecule has 0 saturated carbocycles. The largest absolute Gasteiger partial charge is 0.549 e. The predicted molar refractivity (Wildman–Crippen MR) is 96.8 cm³/mol. The van der Waals surface area contributed by atoms with Crippen molar-refractivity contribution in [2.75, 3.05) is 11.1 Å². The van der Waals surface area contributed by atoms with Crippen molar-refractivity contribution in [2.45, 2.75) is 32.1 Å². The van der Waals surface area contributed by atoms with Gasteiger partial charge in [0, 0.05) is 11.4 Å². The summed E-state index contributed by atoms with van der Waals surface area (Å²) < 4.78 is 7.25. The van der Waals surface area contributed by atoms with E-state index < -0.39 is 5.97 Å². The summed E-state index contributed by atoms with van der Waals surface area (Å²) in [5.74, 6) is 0.119. The second-order valence-corrected chi connectivity index (χ2v) is 6.84. The number of aromatic nitrogens is 3. The number of carbonyl (C=O) groups is 1. The van der Waals surface area contributed by atoms with E-state index in [2.05, 4.69) is 28.5 Å². The Morgan fingerprint density at radius 1 is 1.31 bits per heavy atom. The Balaban J connectivity index is 1.79. The molecule has 0 aliphatic heterocycles. The number of nitrogens with zero attached hydrogens (tertiary/aromatic N) is 3. The van der Waals surface area contributed by atoms with Crippen molar-refractivity contribution in [1.82, 2.24) is 14.8 Å². The average molecular weight is 371 g/mol. The van der Waals surface area contributed by atoms with Crippen LogP contribution in [0.5, 0.6) is 0 Å². The van der Waals surface area contributed by atoms with Crippen molar-refractivity contribution in [3.8, 4) is 0 Å². The maximum Gasteiger partial charge on any atom is 0.192 e. The number of thioether (sulfide) groups is 1. The van der Waals surface area contributed by atoms with Crippen LogP contribution in [0.3, 0.4) is 0 Å². The van der Waals surface area contributed by atoms with Crippen LogP contribution in [-0.2, 0) is 17.9 Å². The zero-order valence-corrected chi connectivity index (χ0v) is 15.4. The molecule has 136 valence electrons. The molecule has 0 aliphatic carbocycles. The average Bonchev–Trinajstić information content (AvgIpc) is 3.23. The van der Waals surface area contributed by atoms with Gasteiger partial charge in [0.1, 0.15) is 5.76 Å². The summed E-state index contributed by atoms with van der Waals surface area (Å²) in [6.07, 6.45) is 1.60. The van der Waals surface area contributed by atoms with Crippen LogP contribution in [-0.4, -0.2) is 26.5 Å². The highest BCUT2D eigenvalue weighted by Crippen LogP contribution is 2.21. The first-order chi connectivity index (χ1) is 12.5. The molecule has 2 aromatic heterocycles. The highest BCUT2D eigenvalue weighted by molar-refractivity contribution is 7.99. The highest BCUT2D eigenvalue weighted by Gasteiger charge is 2.14. The van der Waals surface area contributed by atoms with Crippen molar-refractivity contribution in [2.24, 2.45) is 0 Å². The number of benzene rings is 1. The SMILES string of the molecule is Cc1ccc(NCc2nnc(SCC(=O)[O-])n2Cc2ccco2)c(C)c1. The number of nitrogens with one attached hydrogen (secondary N) is 1. The topological polar surface area (TPSA) is 96.0 Å². The maximum atomic E-state index is 10.8. The predicted octanol–water partition coefficient (Wildman–Crippen LogP) is 1.99. The first-order valence-electron chi connectivity index (χ1n) is 8.11. The Hall–Kier alpha value is -2.74. The van der Waals surface area contributed by atoms with Crippen LogP contribution < -0.4 is 10.4 Å². The minimum atomic E-state index is -1.14. The van der Waals surface area contributed by atoms with Crippen molar-refractivity contribution in [3.63, 3.8) is 0 Å². The van der Waals surface area contributed by atoms with E-state index in [9.17, 15) is 9.90 Å². The lowest BCUT2D eigenvalue weighted by atomic mass is 10.1. The normalized spacial score (nSPS) is 10.8. The van der Waals surface area contributed by atoms with Crippen LogP contribution in [0, 0.1) is 13.8 Å². The monoisotopic (exact) mass is 371 g/mol. The number of furan rings is 1. The van der Waals surface area contributed by atoms with Crippen molar-refractivity contribution in [1.29, 1.82) is 0 Å². The Morgan fingerprint density at radius 2 is 2.15 bits per heavy atom. The number of anilines is 1. The smallest absolute Gasteiger partial charge is 0.192 e. The van der Waals surface area contributed by atoms with Crippen molar-refractivity contribution >= 4 is 23.4 Å². The lowest BCUT2D eigenvalue weighted by molar-refractivity contribution is -0.301. The second kappa shape index (κ2) is 8.09. The number of aliphatic carboxylic acids is 1. The number of aryl methyl sites for hydroxylation is 2. The Morgan fingerprint density at radius 3 is 2.85 bits per heavy atom. The molecule has 3 rings (SSSR count). The zero-order chi connectivity index (χ0) is 18.5. The van der Waals surface area contributed by atoms with Gasteiger partial charge in [0.05, 0.1) is 25.3 Å². The molecule has 0 amide bonds. The van der Waals surface area contributed by atoms with Crippen molar-refractivity contribution < 1.29 is 14.3 Å². The lowest BCUT2D eigenvalue weighted by Gasteiger charge is -2.12. The molecule has 1 N–H and O–H groups in total. The summed E-state index contributed by atoms with van der Waals surface area (Å²) in [4.78, 5) is 10.8. The molecule has 26 heavy (non-hydrogen) atoms. The summed E-state index contributed by atoms with van der Waals surface area (Å²) in [5, 5.41) is 23.0. The van der Waals surface area contributed by atoms with Crippen LogP contribution in [0.15, 0.2) is 46.2 Å². The number of rotatable bonds is 8. The highest BCUT2D eigenvalue weighted by atomic mass is 32.2. The van der Waals surface area contributed by atoms with E-state index >= 15 is 0 Å². The summed E-state index contributed by atoms with van der Waals surface area (Å²) >= 11 is 1.08. The number of carbonyl (C=O) groups excluding carboxylic acids is 1. The molecule has 3 aromatic rings. The molecule has 8 heteroatoms. The van der Waals surface area contributed by atoms with Crippen LogP contribution in [0.25, 0.3) is 0 Å². The third-order valence-corrected chi connectivity index (χ3v) is 4.77. The van der Waals surface area contributed by atoms with Gasteiger partial charge in [-0.1, -0.05) is 29.5 Å². The van der Waals surface area contributed by atoms with Gasteiger partial charge in [-0.15, -0.1) is 10.2 Å². The molecule has 1 aromatic carbocycles. The number of hydrogen-bond donors (Lipinski definition) is 1. The summed E-state index contributed by atoms with van der Waals surface area (Å²) in [7, 11) is 0. The summed E-state index contributed by atoms with van der Waals surface area (Å²) in [5.41, 5.74) is 3.37. The van der Waals surface area contributed by atoms with Gasteiger partial charge in [0.2, 0.25) is 0 Å². The minimum Gasteiger partial charge on any atom is -0.549 e. The molecule has 0 radical (unpaired) electrons. The molecule has 0 atom stereocenters. The van der Waals surface area contributed by atoms with E-state index in [0.29, 0.717) is 24.1 Å². The van der Waals surface area contributed by atoms with Crippen LogP contribution >= 0.6 is 11.8 Å². The van der Waals surface area contributed by atoms with Gasteiger partial charge in [-0.3, -0.25) is 4.57 Å². The molecule has 0 aliphatic rings. The van der Waals surface area contributed by atoms with Crippen LogP contribution in [0.4, 0.5) is 5.69 Å². The van der Waals surface area contributed by atoms with E-state index in [1.54, 1.807) is 12.3 Å². The molecule has 0 spiro atoms. The van der Waals surface area contributed by atoms with Gasteiger partial charge in [0.15, 0.2) is 11.0 Å². The Labute approximate surface area is 155 Å². The van der Waals surface area contributed by atoms with E-state index in [1.807, 2.05) is 29.7 Å². The van der Waals surface area contributed by atoms with Gasteiger partial charge in [0.25, 0.3) is 0 Å². The van der Waals surface area contributed by atoms with Gasteiger partial charge in [-0.25, -0.2) is 0 Å². The molecular weight excluding hydrogens is 352 g/mol. The fourth-order valence-electron chi connectivity index (χ4n) is 2.58. The van der Waals surface area contributed by atoms with Gasteiger partial charge in [-0.05, 0) is 37.6 Å². The van der Waals surface area contributed by atoms with Crippen LogP contribution in [0.2, 0.25) is 0 Å². The molecule has 0 unspecified atom stereocenters. The van der Waals surface area contributed by atoms with Gasteiger partial charge < -0.3 is 19.6 Å². The maximum absolute atomic E-state index is 10.8. The third-order valence-electron chi connectivity index (χ3n) is 3.83. The van der Waals surface area contributed by atoms with E-state index in [0.717, 1.165) is 28.8 Å². The molecule has 0 bridgehead atoms. The Kier molecular flexibility index (Phi) is 5.62. The number of hydrogen-bond acceptors (Lipinski definition) is 7. The number of carboxylic acid groups (broad SMARTS) is 1. The fourth-order valence-corrected chi connectivity index (χ4v) is 3.25. The fraction of sp³-hybridized carbons (Fsp3) is 0.278. The van der Waals surface area contributed by atoms with Crippen LogP contribution in [0.1, 0.15) is 22.7 Å². The second-order valence-electron chi connectivity index (χ2n) is 5.90. The molecular formula is C18H19N4O3S-. The lowest BCUT2D eigenvalue weighted by Crippen LogP contribution is -2.24. The summed E-state index contributed by atoms with van der Waals surface area (Å²) in [6.45, 7) is 4.99. The van der Waals surface area contributed by atoms with E-state index in [1.165, 1.54) is 5.56 Å². The van der Waals surface area contributed by atoms with E-state index in [-0.39, 0.29) is 5.75 Å². The first-order valence-corrected chi connectivity index (χ1v) is 9.09. The molecule has 7 nitrogen and oxygen atoms in total. The summed E-state index contributed by atoms with van der Waals surface area (Å²) in [6, 6.07) is 9.85. The third kappa shape index (κ3) is 4.45. The quantitative estimate of drug-likeness (QED) is 0.605. The Bertz CT molecular complexity index is 890. The van der Waals surface area contributed by atoms with Gasteiger partial charge >= 0.3 is 0 Å².